The molecule has 0 spiro atoms. The first kappa shape index (κ1) is 19.3. The standard InChI is InChI=1S/C19H28N6O2/c1-2-10-27-17-5-4-15(11-16(17)25-19-21-7-3-8-22-19)18(26)20-9-6-14-12-23-24-13-14/h3,7-8,12-13,15-17H,2,4-6,9-11H2,1H3,(H,20,26)(H,23,24)(H,21,22,25)/t15-,16+,17+/m0/s1. The SMILES string of the molecule is CCCO[C@@H]1CC[C@H](C(=O)NCCc2cn[nH]c2)C[C@H]1Nc1ncccn1. The Morgan fingerprint density at radius 1 is 1.33 bits per heavy atom. The van der Waals surface area contributed by atoms with Gasteiger partial charge in [-0.1, -0.05) is 6.92 Å². The van der Waals surface area contributed by atoms with E-state index in [0.717, 1.165) is 37.9 Å². The summed E-state index contributed by atoms with van der Waals surface area (Å²) in [7, 11) is 0. The fraction of sp³-hybridized carbons (Fsp3) is 0.579. The molecule has 8 heteroatoms. The van der Waals surface area contributed by atoms with Crippen LogP contribution in [0.5, 0.6) is 0 Å². The Morgan fingerprint density at radius 3 is 2.93 bits per heavy atom. The molecule has 1 fully saturated rings. The molecule has 1 amide bonds. The van der Waals surface area contributed by atoms with Gasteiger partial charge in [-0.2, -0.15) is 5.10 Å². The average molecular weight is 372 g/mol. The minimum Gasteiger partial charge on any atom is -0.376 e. The van der Waals surface area contributed by atoms with Crippen LogP contribution in [-0.2, 0) is 16.0 Å². The second kappa shape index (κ2) is 10.0. The lowest BCUT2D eigenvalue weighted by molar-refractivity contribution is -0.127. The van der Waals surface area contributed by atoms with E-state index in [4.69, 9.17) is 4.74 Å². The number of amides is 1. The van der Waals surface area contributed by atoms with Crippen LogP contribution in [0.3, 0.4) is 0 Å². The Morgan fingerprint density at radius 2 is 2.19 bits per heavy atom. The number of aromatic nitrogens is 4. The number of carbonyl (C=O) groups is 1. The van der Waals surface area contributed by atoms with Gasteiger partial charge in [0.25, 0.3) is 0 Å². The molecule has 1 saturated carbocycles. The van der Waals surface area contributed by atoms with Gasteiger partial charge in [0.1, 0.15) is 0 Å². The van der Waals surface area contributed by atoms with Crippen LogP contribution >= 0.6 is 0 Å². The maximum absolute atomic E-state index is 12.6. The Hall–Kier alpha value is -2.48. The molecule has 0 bridgehead atoms. The van der Waals surface area contributed by atoms with E-state index in [0.29, 0.717) is 18.9 Å². The van der Waals surface area contributed by atoms with Gasteiger partial charge < -0.3 is 15.4 Å². The lowest BCUT2D eigenvalue weighted by Gasteiger charge is -2.36. The summed E-state index contributed by atoms with van der Waals surface area (Å²) in [5.41, 5.74) is 1.09. The molecule has 2 aromatic rings. The van der Waals surface area contributed by atoms with E-state index in [1.54, 1.807) is 24.7 Å². The van der Waals surface area contributed by atoms with E-state index in [9.17, 15) is 4.79 Å². The fourth-order valence-electron chi connectivity index (χ4n) is 3.43. The largest absolute Gasteiger partial charge is 0.376 e. The zero-order valence-corrected chi connectivity index (χ0v) is 15.7. The van der Waals surface area contributed by atoms with Crippen molar-refractivity contribution < 1.29 is 9.53 Å². The predicted octanol–water partition coefficient (Wildman–Crippen LogP) is 1.93. The summed E-state index contributed by atoms with van der Waals surface area (Å²) in [4.78, 5) is 21.1. The quantitative estimate of drug-likeness (QED) is 0.621. The first-order valence-corrected chi connectivity index (χ1v) is 9.66. The molecule has 146 valence electrons. The van der Waals surface area contributed by atoms with E-state index in [2.05, 4.69) is 37.7 Å². The van der Waals surface area contributed by atoms with Gasteiger partial charge in [0.15, 0.2) is 0 Å². The van der Waals surface area contributed by atoms with Crippen molar-refractivity contribution in [1.29, 1.82) is 0 Å². The zero-order valence-electron chi connectivity index (χ0n) is 15.7. The first-order chi connectivity index (χ1) is 13.3. The monoisotopic (exact) mass is 372 g/mol. The number of hydrogen-bond donors (Lipinski definition) is 3. The number of H-pyrrole nitrogens is 1. The molecule has 1 aliphatic rings. The Kier molecular flexibility index (Phi) is 7.15. The number of nitrogens with one attached hydrogen (secondary N) is 3. The maximum atomic E-state index is 12.6. The Labute approximate surface area is 159 Å². The van der Waals surface area contributed by atoms with Crippen LogP contribution in [0.4, 0.5) is 5.95 Å². The van der Waals surface area contributed by atoms with E-state index in [1.165, 1.54) is 0 Å². The molecule has 3 atom stereocenters. The van der Waals surface area contributed by atoms with Crippen molar-refractivity contribution in [3.8, 4) is 0 Å². The highest BCUT2D eigenvalue weighted by atomic mass is 16.5. The highest BCUT2D eigenvalue weighted by Gasteiger charge is 2.34. The van der Waals surface area contributed by atoms with Crippen LogP contribution in [0.15, 0.2) is 30.9 Å². The van der Waals surface area contributed by atoms with E-state index >= 15 is 0 Å². The van der Waals surface area contributed by atoms with Gasteiger partial charge >= 0.3 is 0 Å². The molecular formula is C19H28N6O2. The number of hydrogen-bond acceptors (Lipinski definition) is 6. The molecule has 2 heterocycles. The summed E-state index contributed by atoms with van der Waals surface area (Å²) in [5, 5.41) is 13.1. The van der Waals surface area contributed by atoms with Crippen molar-refractivity contribution in [3.05, 3.63) is 36.4 Å². The van der Waals surface area contributed by atoms with Crippen molar-refractivity contribution in [2.75, 3.05) is 18.5 Å². The average Bonchev–Trinajstić information content (AvgIpc) is 3.21. The molecule has 0 aromatic carbocycles. The van der Waals surface area contributed by atoms with Crippen LogP contribution in [-0.4, -0.2) is 51.4 Å². The lowest BCUT2D eigenvalue weighted by atomic mass is 9.83. The van der Waals surface area contributed by atoms with E-state index in [1.807, 2.05) is 6.20 Å². The van der Waals surface area contributed by atoms with E-state index in [-0.39, 0.29) is 24.0 Å². The highest BCUT2D eigenvalue weighted by Crippen LogP contribution is 2.28. The molecule has 27 heavy (non-hydrogen) atoms. The van der Waals surface area contributed by atoms with Crippen LogP contribution in [0, 0.1) is 5.92 Å². The minimum absolute atomic E-state index is 0.0253. The predicted molar refractivity (Wildman–Crippen MR) is 102 cm³/mol. The van der Waals surface area contributed by atoms with Crippen molar-refractivity contribution in [2.24, 2.45) is 5.92 Å². The molecule has 1 aliphatic carbocycles. The van der Waals surface area contributed by atoms with Crippen molar-refractivity contribution >= 4 is 11.9 Å². The van der Waals surface area contributed by atoms with Gasteiger partial charge in [0.05, 0.1) is 18.3 Å². The number of aromatic amines is 1. The van der Waals surface area contributed by atoms with E-state index < -0.39 is 0 Å². The number of nitrogens with zero attached hydrogens (tertiary/aromatic N) is 3. The Bertz CT molecular complexity index is 679. The van der Waals surface area contributed by atoms with Crippen LogP contribution in [0.25, 0.3) is 0 Å². The van der Waals surface area contributed by atoms with Gasteiger partial charge in [-0.15, -0.1) is 0 Å². The van der Waals surface area contributed by atoms with Gasteiger partial charge in [0, 0.05) is 37.7 Å². The van der Waals surface area contributed by atoms with Gasteiger partial charge in [-0.3, -0.25) is 9.89 Å². The van der Waals surface area contributed by atoms with Gasteiger partial charge in [0.2, 0.25) is 11.9 Å². The number of ether oxygens (including phenoxy) is 1. The lowest BCUT2D eigenvalue weighted by Crippen LogP contribution is -2.46. The van der Waals surface area contributed by atoms with Gasteiger partial charge in [-0.05, 0) is 43.7 Å². The van der Waals surface area contributed by atoms with Gasteiger partial charge in [-0.25, -0.2) is 9.97 Å². The summed E-state index contributed by atoms with van der Waals surface area (Å²) in [6, 6.07) is 1.81. The Balaban J connectivity index is 1.54. The molecule has 0 unspecified atom stereocenters. The molecule has 2 aromatic heterocycles. The number of rotatable bonds is 9. The second-order valence-electron chi connectivity index (χ2n) is 6.89. The fourth-order valence-corrected chi connectivity index (χ4v) is 3.43. The van der Waals surface area contributed by atoms with Crippen molar-refractivity contribution in [2.45, 2.75) is 51.2 Å². The summed E-state index contributed by atoms with van der Waals surface area (Å²) < 4.78 is 6.01. The minimum atomic E-state index is -0.0305. The molecule has 3 N–H and O–H groups in total. The molecular weight excluding hydrogens is 344 g/mol. The summed E-state index contributed by atoms with van der Waals surface area (Å²) in [6.07, 6.45) is 11.3. The first-order valence-electron chi connectivity index (χ1n) is 9.66. The van der Waals surface area contributed by atoms with Crippen molar-refractivity contribution in [1.82, 2.24) is 25.5 Å². The third kappa shape index (κ3) is 5.75. The molecule has 0 aliphatic heterocycles. The smallest absolute Gasteiger partial charge is 0.223 e. The number of carbonyl (C=O) groups excluding carboxylic acids is 1. The molecule has 3 rings (SSSR count). The van der Waals surface area contributed by atoms with Crippen LogP contribution in [0.1, 0.15) is 38.2 Å². The van der Waals surface area contributed by atoms with Crippen LogP contribution < -0.4 is 10.6 Å². The third-order valence-corrected chi connectivity index (χ3v) is 4.84. The van der Waals surface area contributed by atoms with Crippen molar-refractivity contribution in [3.63, 3.8) is 0 Å². The maximum Gasteiger partial charge on any atom is 0.223 e. The summed E-state index contributed by atoms with van der Waals surface area (Å²) in [6.45, 7) is 3.44. The second-order valence-corrected chi connectivity index (χ2v) is 6.89. The molecule has 0 radical (unpaired) electrons. The summed E-state index contributed by atoms with van der Waals surface area (Å²) >= 11 is 0. The highest BCUT2D eigenvalue weighted by molar-refractivity contribution is 5.78. The number of anilines is 1. The topological polar surface area (TPSA) is 105 Å². The molecule has 0 saturated heterocycles. The summed E-state index contributed by atoms with van der Waals surface area (Å²) in [5.74, 6) is 0.652. The third-order valence-electron chi connectivity index (χ3n) is 4.84. The molecule has 8 nitrogen and oxygen atoms in total. The normalized spacial score (nSPS) is 22.3. The zero-order chi connectivity index (χ0) is 18.9. The van der Waals surface area contributed by atoms with Crippen LogP contribution in [0.2, 0.25) is 0 Å².